The Kier molecular flexibility index (Phi) is 6.22. The van der Waals surface area contributed by atoms with Gasteiger partial charge in [-0.1, -0.05) is 30.3 Å². The lowest BCUT2D eigenvalue weighted by atomic mass is 10.1. The molecule has 3 rings (SSSR count). The molecule has 2 aromatic carbocycles. The number of nitrogens with zero attached hydrogens (tertiary/aromatic N) is 2. The molecule has 0 aliphatic rings. The molecule has 0 fully saturated rings. The fourth-order valence-corrected chi connectivity index (χ4v) is 3.44. The maximum Gasteiger partial charge on any atom is 0.416 e. The molecule has 8 heteroatoms. The molecule has 0 unspecified atom stereocenters. The first-order chi connectivity index (χ1) is 13.8. The van der Waals surface area contributed by atoms with Crippen molar-refractivity contribution >= 4 is 17.2 Å². The van der Waals surface area contributed by atoms with Crippen LogP contribution >= 0.6 is 11.3 Å². The van der Waals surface area contributed by atoms with Crippen LogP contribution in [0.5, 0.6) is 5.75 Å². The Hall–Kier alpha value is -2.87. The number of aromatic nitrogens is 1. The van der Waals surface area contributed by atoms with Crippen LogP contribution in [0.4, 0.5) is 13.2 Å². The van der Waals surface area contributed by atoms with Gasteiger partial charge in [0.05, 0.1) is 5.56 Å². The molecule has 0 atom stereocenters. The van der Waals surface area contributed by atoms with E-state index in [1.807, 2.05) is 13.0 Å². The molecular formula is C21H19F3N2O2S. The molecule has 0 aliphatic heterocycles. The number of thiazole rings is 1. The van der Waals surface area contributed by atoms with E-state index >= 15 is 0 Å². The molecular weight excluding hydrogens is 401 g/mol. The third-order valence-electron chi connectivity index (χ3n) is 4.34. The topological polar surface area (TPSA) is 42.4 Å². The Morgan fingerprint density at radius 1 is 1.17 bits per heavy atom. The van der Waals surface area contributed by atoms with Crippen molar-refractivity contribution in [2.24, 2.45) is 0 Å². The number of benzene rings is 2. The number of hydrogen-bond acceptors (Lipinski definition) is 4. The van der Waals surface area contributed by atoms with Gasteiger partial charge in [0.2, 0.25) is 0 Å². The van der Waals surface area contributed by atoms with Gasteiger partial charge in [-0.25, -0.2) is 4.98 Å². The number of carbonyl (C=O) groups excluding carboxylic acids is 1. The molecule has 0 saturated carbocycles. The minimum atomic E-state index is -4.43. The van der Waals surface area contributed by atoms with E-state index in [0.717, 1.165) is 11.6 Å². The van der Waals surface area contributed by atoms with Crippen LogP contribution in [0.3, 0.4) is 0 Å². The summed E-state index contributed by atoms with van der Waals surface area (Å²) in [5.41, 5.74) is 0.448. The number of halogens is 3. The van der Waals surface area contributed by atoms with E-state index in [-0.39, 0.29) is 18.1 Å². The summed E-state index contributed by atoms with van der Waals surface area (Å²) >= 11 is 1.32. The third kappa shape index (κ3) is 4.95. The highest BCUT2D eigenvalue weighted by Gasteiger charge is 2.33. The van der Waals surface area contributed by atoms with E-state index in [1.54, 1.807) is 41.6 Å². The highest BCUT2D eigenvalue weighted by Crippen LogP contribution is 2.33. The lowest BCUT2D eigenvalue weighted by Crippen LogP contribution is -2.26. The van der Waals surface area contributed by atoms with Crippen molar-refractivity contribution in [3.05, 3.63) is 70.7 Å². The Morgan fingerprint density at radius 2 is 1.93 bits per heavy atom. The summed E-state index contributed by atoms with van der Waals surface area (Å²) in [7, 11) is 1.70. The second-order valence-corrected chi connectivity index (χ2v) is 7.19. The predicted octanol–water partition coefficient (Wildman–Crippen LogP) is 5.50. The summed E-state index contributed by atoms with van der Waals surface area (Å²) in [6, 6.07) is 12.3. The monoisotopic (exact) mass is 420 g/mol. The van der Waals surface area contributed by atoms with Crippen molar-refractivity contribution in [2.45, 2.75) is 19.7 Å². The van der Waals surface area contributed by atoms with Gasteiger partial charge in [0, 0.05) is 30.1 Å². The zero-order valence-corrected chi connectivity index (χ0v) is 16.7. The number of hydrogen-bond donors (Lipinski definition) is 0. The maximum absolute atomic E-state index is 13.1. The molecule has 29 heavy (non-hydrogen) atoms. The second kappa shape index (κ2) is 8.65. The largest absolute Gasteiger partial charge is 0.489 e. The average Bonchev–Trinajstić information content (AvgIpc) is 3.21. The fourth-order valence-electron chi connectivity index (χ4n) is 2.65. The predicted molar refractivity (Wildman–Crippen MR) is 106 cm³/mol. The molecule has 0 aliphatic carbocycles. The molecule has 152 valence electrons. The number of carbonyl (C=O) groups is 1. The van der Waals surface area contributed by atoms with Crippen molar-refractivity contribution < 1.29 is 22.7 Å². The van der Waals surface area contributed by atoms with E-state index in [9.17, 15) is 18.0 Å². The SMILES string of the molecule is CCN(C)C(=O)c1csc(-c2cccc(OCc3ccccc3C(F)(F)F)c2)n1. The first kappa shape index (κ1) is 20.9. The molecule has 1 heterocycles. The standard InChI is InChI=1S/C21H19F3N2O2S/c1-3-26(2)20(27)18-13-29-19(25-18)14-8-6-9-16(11-14)28-12-15-7-4-5-10-17(15)21(22,23)24/h4-11,13H,3,12H2,1-2H3. The Labute approximate surface area is 170 Å². The van der Waals surface area contributed by atoms with Crippen molar-refractivity contribution in [1.29, 1.82) is 0 Å². The highest BCUT2D eigenvalue weighted by molar-refractivity contribution is 7.13. The quantitative estimate of drug-likeness (QED) is 0.529. The molecule has 0 bridgehead atoms. The summed E-state index contributed by atoms with van der Waals surface area (Å²) in [6.07, 6.45) is -4.43. The number of ether oxygens (including phenoxy) is 1. The minimum Gasteiger partial charge on any atom is -0.489 e. The van der Waals surface area contributed by atoms with Crippen LogP contribution in [-0.4, -0.2) is 29.4 Å². The Bertz CT molecular complexity index is 1000. The van der Waals surface area contributed by atoms with Gasteiger partial charge in [-0.2, -0.15) is 13.2 Å². The van der Waals surface area contributed by atoms with E-state index in [1.165, 1.54) is 23.5 Å². The van der Waals surface area contributed by atoms with Gasteiger partial charge in [0.15, 0.2) is 0 Å². The molecule has 3 aromatic rings. The van der Waals surface area contributed by atoms with Gasteiger partial charge in [-0.05, 0) is 25.1 Å². The second-order valence-electron chi connectivity index (χ2n) is 6.33. The highest BCUT2D eigenvalue weighted by atomic mass is 32.1. The number of alkyl halides is 3. The van der Waals surface area contributed by atoms with E-state index in [2.05, 4.69) is 4.98 Å². The van der Waals surface area contributed by atoms with Crippen LogP contribution in [0.2, 0.25) is 0 Å². The summed E-state index contributed by atoms with van der Waals surface area (Å²) < 4.78 is 45.0. The van der Waals surface area contributed by atoms with Crippen LogP contribution in [0, 0.1) is 0 Å². The van der Waals surface area contributed by atoms with Gasteiger partial charge in [-0.15, -0.1) is 11.3 Å². The smallest absolute Gasteiger partial charge is 0.416 e. The van der Waals surface area contributed by atoms with Gasteiger partial charge in [0.25, 0.3) is 5.91 Å². The molecule has 0 radical (unpaired) electrons. The normalized spacial score (nSPS) is 11.3. The zero-order chi connectivity index (χ0) is 21.0. The maximum atomic E-state index is 13.1. The molecule has 0 spiro atoms. The van der Waals surface area contributed by atoms with Crippen molar-refractivity contribution in [2.75, 3.05) is 13.6 Å². The van der Waals surface area contributed by atoms with Crippen molar-refractivity contribution in [3.63, 3.8) is 0 Å². The molecule has 4 nitrogen and oxygen atoms in total. The van der Waals surface area contributed by atoms with Crippen LogP contribution in [0.15, 0.2) is 53.9 Å². The lowest BCUT2D eigenvalue weighted by molar-refractivity contribution is -0.138. The number of amides is 1. The molecule has 0 N–H and O–H groups in total. The fraction of sp³-hybridized carbons (Fsp3) is 0.238. The van der Waals surface area contributed by atoms with E-state index in [0.29, 0.717) is 23.0 Å². The Balaban J connectivity index is 1.76. The van der Waals surface area contributed by atoms with Gasteiger partial charge in [0.1, 0.15) is 23.1 Å². The summed E-state index contributed by atoms with van der Waals surface area (Å²) in [4.78, 5) is 18.2. The first-order valence-electron chi connectivity index (χ1n) is 8.89. The van der Waals surface area contributed by atoms with Crippen LogP contribution < -0.4 is 4.74 Å². The van der Waals surface area contributed by atoms with Gasteiger partial charge < -0.3 is 9.64 Å². The van der Waals surface area contributed by atoms with Gasteiger partial charge >= 0.3 is 6.18 Å². The first-order valence-corrected chi connectivity index (χ1v) is 9.77. The summed E-state index contributed by atoms with van der Waals surface area (Å²) in [6.45, 7) is 2.25. The molecule has 0 saturated heterocycles. The average molecular weight is 420 g/mol. The number of rotatable bonds is 6. The van der Waals surface area contributed by atoms with E-state index < -0.39 is 11.7 Å². The lowest BCUT2D eigenvalue weighted by Gasteiger charge is -2.13. The molecule has 1 aromatic heterocycles. The van der Waals surface area contributed by atoms with Crippen LogP contribution in [0.1, 0.15) is 28.5 Å². The summed E-state index contributed by atoms with van der Waals surface area (Å²) in [5, 5.41) is 2.33. The zero-order valence-electron chi connectivity index (χ0n) is 15.9. The van der Waals surface area contributed by atoms with Crippen LogP contribution in [0.25, 0.3) is 10.6 Å². The minimum absolute atomic E-state index is 0.0649. The molecule has 1 amide bonds. The van der Waals surface area contributed by atoms with Crippen molar-refractivity contribution in [3.8, 4) is 16.3 Å². The van der Waals surface area contributed by atoms with Crippen molar-refractivity contribution in [1.82, 2.24) is 9.88 Å². The van der Waals surface area contributed by atoms with Crippen LogP contribution in [-0.2, 0) is 12.8 Å². The third-order valence-corrected chi connectivity index (χ3v) is 5.23. The summed E-state index contributed by atoms with van der Waals surface area (Å²) in [5.74, 6) is 0.263. The van der Waals surface area contributed by atoms with Gasteiger partial charge in [-0.3, -0.25) is 4.79 Å². The Morgan fingerprint density at radius 3 is 2.66 bits per heavy atom. The van der Waals surface area contributed by atoms with E-state index in [4.69, 9.17) is 4.74 Å².